The Morgan fingerprint density at radius 2 is 1.36 bits per heavy atom. The Morgan fingerprint density at radius 1 is 0.773 bits per heavy atom. The average Bonchev–Trinajstić information content (AvgIpc) is 2.55. The van der Waals surface area contributed by atoms with Crippen LogP contribution in [0.25, 0.3) is 0 Å². The molecule has 22 heavy (non-hydrogen) atoms. The highest BCUT2D eigenvalue weighted by Crippen LogP contribution is 2.06. The van der Waals surface area contributed by atoms with Gasteiger partial charge in [0.05, 0.1) is 0 Å². The van der Waals surface area contributed by atoms with Crippen molar-refractivity contribution in [3.63, 3.8) is 0 Å². The van der Waals surface area contributed by atoms with Crippen LogP contribution in [0.5, 0.6) is 0 Å². The van der Waals surface area contributed by atoms with Gasteiger partial charge in [-0.25, -0.2) is 0 Å². The molecule has 0 bridgehead atoms. The topological polar surface area (TPSA) is 58.2 Å². The number of amides is 2. The largest absolute Gasteiger partial charge is 0.356 e. The minimum Gasteiger partial charge on any atom is -0.356 e. The molecule has 0 aromatic heterocycles. The van der Waals surface area contributed by atoms with Crippen LogP contribution in [0.2, 0.25) is 0 Å². The van der Waals surface area contributed by atoms with Crippen molar-refractivity contribution in [2.75, 3.05) is 11.9 Å². The predicted octanol–water partition coefficient (Wildman–Crippen LogP) is 2.76. The van der Waals surface area contributed by atoms with Crippen molar-refractivity contribution in [2.24, 2.45) is 0 Å². The molecule has 0 aliphatic heterocycles. The summed E-state index contributed by atoms with van der Waals surface area (Å²) in [5.74, 6) is -0.247. The van der Waals surface area contributed by atoms with Crippen molar-refractivity contribution in [2.45, 2.75) is 19.3 Å². The third-order valence-corrected chi connectivity index (χ3v) is 3.22. The number of benzene rings is 2. The Balaban J connectivity index is 1.62. The molecule has 2 aromatic carbocycles. The Labute approximate surface area is 130 Å². The summed E-state index contributed by atoms with van der Waals surface area (Å²) in [4.78, 5) is 23.4. The third-order valence-electron chi connectivity index (χ3n) is 3.22. The van der Waals surface area contributed by atoms with Gasteiger partial charge in [0.25, 0.3) is 0 Å². The van der Waals surface area contributed by atoms with Gasteiger partial charge in [-0.2, -0.15) is 0 Å². The SMILES string of the molecule is O=C(CCC(=O)Nc1ccccc1)NCCc1ccccc1. The van der Waals surface area contributed by atoms with E-state index in [1.54, 1.807) is 0 Å². The second kappa shape index (κ2) is 8.62. The minimum atomic E-state index is -0.149. The normalized spacial score (nSPS) is 10.0. The minimum absolute atomic E-state index is 0.0980. The number of nitrogens with one attached hydrogen (secondary N) is 2. The fraction of sp³-hybridized carbons (Fsp3) is 0.222. The molecule has 0 fully saturated rings. The Kier molecular flexibility index (Phi) is 6.18. The molecule has 0 radical (unpaired) electrons. The summed E-state index contributed by atoms with van der Waals surface area (Å²) >= 11 is 0. The maximum Gasteiger partial charge on any atom is 0.224 e. The first-order valence-corrected chi connectivity index (χ1v) is 7.39. The lowest BCUT2D eigenvalue weighted by atomic mass is 10.1. The van der Waals surface area contributed by atoms with Crippen LogP contribution in [0.1, 0.15) is 18.4 Å². The molecule has 4 nitrogen and oxygen atoms in total. The summed E-state index contributed by atoms with van der Waals surface area (Å²) in [6.45, 7) is 0.586. The van der Waals surface area contributed by atoms with E-state index in [-0.39, 0.29) is 24.7 Å². The molecule has 0 saturated carbocycles. The molecular weight excluding hydrogens is 276 g/mol. The molecule has 4 heteroatoms. The predicted molar refractivity (Wildman–Crippen MR) is 87.5 cm³/mol. The molecule has 0 heterocycles. The summed E-state index contributed by atoms with van der Waals surface area (Å²) in [6.07, 6.45) is 1.18. The van der Waals surface area contributed by atoms with Crippen molar-refractivity contribution < 1.29 is 9.59 Å². The van der Waals surface area contributed by atoms with Crippen LogP contribution in [0, 0.1) is 0 Å². The van der Waals surface area contributed by atoms with Gasteiger partial charge >= 0.3 is 0 Å². The third kappa shape index (κ3) is 5.79. The van der Waals surface area contributed by atoms with Crippen LogP contribution < -0.4 is 10.6 Å². The van der Waals surface area contributed by atoms with Gasteiger partial charge < -0.3 is 10.6 Å². The van der Waals surface area contributed by atoms with Crippen molar-refractivity contribution in [3.05, 3.63) is 66.2 Å². The van der Waals surface area contributed by atoms with Gasteiger partial charge in [-0.3, -0.25) is 9.59 Å². The van der Waals surface area contributed by atoms with Crippen LogP contribution in [0.15, 0.2) is 60.7 Å². The van der Waals surface area contributed by atoms with Crippen molar-refractivity contribution in [1.82, 2.24) is 5.32 Å². The van der Waals surface area contributed by atoms with E-state index in [1.165, 1.54) is 5.56 Å². The molecule has 114 valence electrons. The summed E-state index contributed by atoms with van der Waals surface area (Å²) < 4.78 is 0. The van der Waals surface area contributed by atoms with E-state index in [0.717, 1.165) is 12.1 Å². The number of rotatable bonds is 7. The van der Waals surface area contributed by atoms with Gasteiger partial charge in [0.15, 0.2) is 0 Å². The maximum absolute atomic E-state index is 11.7. The van der Waals surface area contributed by atoms with Gasteiger partial charge in [-0.15, -0.1) is 0 Å². The monoisotopic (exact) mass is 296 g/mol. The van der Waals surface area contributed by atoms with Crippen LogP contribution in [-0.2, 0) is 16.0 Å². The van der Waals surface area contributed by atoms with E-state index in [4.69, 9.17) is 0 Å². The molecule has 0 spiro atoms. The Hall–Kier alpha value is -2.62. The van der Waals surface area contributed by atoms with Gasteiger partial charge in [0.1, 0.15) is 0 Å². The lowest BCUT2D eigenvalue weighted by Crippen LogP contribution is -2.26. The number of carbonyl (C=O) groups excluding carboxylic acids is 2. The number of anilines is 1. The molecule has 2 rings (SSSR count). The summed E-state index contributed by atoms with van der Waals surface area (Å²) in [7, 11) is 0. The highest BCUT2D eigenvalue weighted by molar-refractivity contribution is 5.93. The zero-order valence-electron chi connectivity index (χ0n) is 12.4. The molecular formula is C18H20N2O2. The van der Waals surface area contributed by atoms with Crippen LogP contribution in [0.3, 0.4) is 0 Å². The zero-order valence-corrected chi connectivity index (χ0v) is 12.4. The van der Waals surface area contributed by atoms with E-state index in [0.29, 0.717) is 6.54 Å². The van der Waals surface area contributed by atoms with Crippen LogP contribution in [0.4, 0.5) is 5.69 Å². The second-order valence-electron chi connectivity index (χ2n) is 5.00. The number of para-hydroxylation sites is 1. The van der Waals surface area contributed by atoms with Crippen molar-refractivity contribution in [3.8, 4) is 0 Å². The highest BCUT2D eigenvalue weighted by atomic mass is 16.2. The summed E-state index contributed by atoms with van der Waals surface area (Å²) in [5.41, 5.74) is 1.93. The number of hydrogen-bond donors (Lipinski definition) is 2. The molecule has 0 unspecified atom stereocenters. The number of carbonyl (C=O) groups is 2. The van der Waals surface area contributed by atoms with E-state index in [2.05, 4.69) is 10.6 Å². The van der Waals surface area contributed by atoms with Gasteiger partial charge in [-0.1, -0.05) is 48.5 Å². The molecule has 0 atom stereocenters. The molecule has 0 saturated heterocycles. The van der Waals surface area contributed by atoms with Crippen molar-refractivity contribution >= 4 is 17.5 Å². The molecule has 2 aromatic rings. The quantitative estimate of drug-likeness (QED) is 0.825. The Bertz CT molecular complexity index is 597. The fourth-order valence-electron chi connectivity index (χ4n) is 2.05. The zero-order chi connectivity index (χ0) is 15.6. The van der Waals surface area contributed by atoms with E-state index < -0.39 is 0 Å². The van der Waals surface area contributed by atoms with E-state index in [9.17, 15) is 9.59 Å². The van der Waals surface area contributed by atoms with Gasteiger partial charge in [0, 0.05) is 25.1 Å². The number of hydrogen-bond acceptors (Lipinski definition) is 2. The van der Waals surface area contributed by atoms with E-state index in [1.807, 2.05) is 60.7 Å². The average molecular weight is 296 g/mol. The highest BCUT2D eigenvalue weighted by Gasteiger charge is 2.06. The lowest BCUT2D eigenvalue weighted by Gasteiger charge is -2.06. The Morgan fingerprint density at radius 3 is 2.05 bits per heavy atom. The smallest absolute Gasteiger partial charge is 0.224 e. The summed E-state index contributed by atoms with van der Waals surface area (Å²) in [5, 5.41) is 5.59. The van der Waals surface area contributed by atoms with Gasteiger partial charge in [0.2, 0.25) is 11.8 Å². The van der Waals surface area contributed by atoms with Crippen molar-refractivity contribution in [1.29, 1.82) is 0 Å². The first-order chi connectivity index (χ1) is 10.7. The molecule has 2 amide bonds. The van der Waals surface area contributed by atoms with Crippen LogP contribution >= 0.6 is 0 Å². The maximum atomic E-state index is 11.7. The van der Waals surface area contributed by atoms with Crippen LogP contribution in [-0.4, -0.2) is 18.4 Å². The van der Waals surface area contributed by atoms with Gasteiger partial charge in [-0.05, 0) is 24.1 Å². The first-order valence-electron chi connectivity index (χ1n) is 7.39. The molecule has 0 aliphatic carbocycles. The molecule has 2 N–H and O–H groups in total. The fourth-order valence-corrected chi connectivity index (χ4v) is 2.05. The first kappa shape index (κ1) is 15.8. The lowest BCUT2D eigenvalue weighted by molar-refractivity contribution is -0.124. The summed E-state index contributed by atoms with van der Waals surface area (Å²) in [6, 6.07) is 19.2. The van der Waals surface area contributed by atoms with E-state index >= 15 is 0 Å². The standard InChI is InChI=1S/C18H20N2O2/c21-17(19-14-13-15-7-3-1-4-8-15)11-12-18(22)20-16-9-5-2-6-10-16/h1-10H,11-14H2,(H,19,21)(H,20,22). The second-order valence-corrected chi connectivity index (χ2v) is 5.00. The molecule has 0 aliphatic rings.